The van der Waals surface area contributed by atoms with Crippen LogP contribution in [0.25, 0.3) is 0 Å². The Hall–Kier alpha value is -1.27. The highest BCUT2D eigenvalue weighted by molar-refractivity contribution is 7.92. The van der Waals surface area contributed by atoms with E-state index in [4.69, 9.17) is 11.6 Å². The monoisotopic (exact) mass is 332 g/mol. The van der Waals surface area contributed by atoms with Gasteiger partial charge in [0.15, 0.2) is 0 Å². The van der Waals surface area contributed by atoms with Crippen LogP contribution in [0.5, 0.6) is 0 Å². The molecule has 0 radical (unpaired) electrons. The predicted octanol–water partition coefficient (Wildman–Crippen LogP) is 2.97. The van der Waals surface area contributed by atoms with Crippen molar-refractivity contribution in [1.29, 1.82) is 0 Å². The molecule has 1 rings (SSSR count). The summed E-state index contributed by atoms with van der Waals surface area (Å²) >= 11 is 5.95. The maximum absolute atomic E-state index is 12.4. The van der Waals surface area contributed by atoms with Crippen LogP contribution in [0.2, 0.25) is 5.02 Å². The van der Waals surface area contributed by atoms with Gasteiger partial charge in [-0.2, -0.15) is 0 Å². The molecule has 0 unspecified atom stereocenters. The summed E-state index contributed by atoms with van der Waals surface area (Å²) in [5.41, 5.74) is 0.609. The van der Waals surface area contributed by atoms with Crippen molar-refractivity contribution in [2.75, 3.05) is 18.0 Å². The van der Waals surface area contributed by atoms with Crippen molar-refractivity contribution in [2.24, 2.45) is 0 Å². The topological polar surface area (TPSA) is 66.5 Å². The molecular weight excluding hydrogens is 312 g/mol. The third kappa shape index (κ3) is 5.21. The fourth-order valence-corrected chi connectivity index (χ4v) is 2.74. The van der Waals surface area contributed by atoms with E-state index in [1.54, 1.807) is 18.0 Å². The van der Waals surface area contributed by atoms with Gasteiger partial charge in [-0.05, 0) is 31.5 Å². The molecule has 0 aromatic heterocycles. The molecule has 0 fully saturated rings. The molecule has 0 spiro atoms. The lowest BCUT2D eigenvalue weighted by atomic mass is 10.1. The average molecular weight is 333 g/mol. The molecule has 0 aliphatic heterocycles. The number of carbonyl (C=O) groups is 1. The number of sulfonamides is 1. The molecule has 0 aliphatic rings. The summed E-state index contributed by atoms with van der Waals surface area (Å²) < 4.78 is 24.9. The fraction of sp³-hybridized carbons (Fsp3) is 0.500. The molecular formula is C14H21ClN2O3S. The first-order valence-electron chi connectivity index (χ1n) is 6.70. The number of amides is 1. The van der Waals surface area contributed by atoms with Crippen LogP contribution >= 0.6 is 11.6 Å². The Bertz CT molecular complexity index is 617. The zero-order chi connectivity index (χ0) is 16.2. The number of hydrogen-bond donors (Lipinski definition) is 1. The summed E-state index contributed by atoms with van der Waals surface area (Å²) in [5.74, 6) is -0.163. The second kappa shape index (κ2) is 7.13. The highest BCUT2D eigenvalue weighted by atomic mass is 35.5. The Morgan fingerprint density at radius 2 is 2.05 bits per heavy atom. The van der Waals surface area contributed by atoms with Gasteiger partial charge in [0, 0.05) is 18.7 Å². The molecule has 21 heavy (non-hydrogen) atoms. The summed E-state index contributed by atoms with van der Waals surface area (Å²) in [6, 6.07) is 4.68. The normalized spacial score (nSPS) is 12.8. The maximum atomic E-state index is 12.4. The fourth-order valence-electron chi connectivity index (χ4n) is 1.95. The van der Waals surface area contributed by atoms with Gasteiger partial charge in [0.1, 0.15) is 0 Å². The number of carbonyl (C=O) groups excluding carboxylic acids is 1. The first kappa shape index (κ1) is 17.8. The zero-order valence-corrected chi connectivity index (χ0v) is 14.3. The van der Waals surface area contributed by atoms with Gasteiger partial charge in [-0.3, -0.25) is 9.52 Å². The maximum Gasteiger partial charge on any atom is 0.253 e. The minimum absolute atomic E-state index is 0.115. The Labute approximate surface area is 131 Å². The van der Waals surface area contributed by atoms with Crippen LogP contribution in [0, 0.1) is 0 Å². The van der Waals surface area contributed by atoms with Crippen LogP contribution in [0.4, 0.5) is 5.69 Å². The van der Waals surface area contributed by atoms with E-state index in [-0.39, 0.29) is 22.7 Å². The molecule has 5 nitrogen and oxygen atoms in total. The molecule has 0 saturated carbocycles. The van der Waals surface area contributed by atoms with E-state index in [1.807, 2.05) is 6.92 Å². The van der Waals surface area contributed by atoms with Gasteiger partial charge in [-0.15, -0.1) is 0 Å². The van der Waals surface area contributed by atoms with Crippen LogP contribution in [-0.4, -0.2) is 38.6 Å². The van der Waals surface area contributed by atoms with E-state index < -0.39 is 10.0 Å². The summed E-state index contributed by atoms with van der Waals surface area (Å²) in [4.78, 5) is 14.0. The van der Waals surface area contributed by atoms with E-state index >= 15 is 0 Å². The highest BCUT2D eigenvalue weighted by Crippen LogP contribution is 2.25. The lowest BCUT2D eigenvalue weighted by Gasteiger charge is -2.25. The van der Waals surface area contributed by atoms with Crippen LogP contribution in [-0.2, 0) is 10.0 Å². The molecule has 1 N–H and O–H groups in total. The number of halogens is 1. The van der Waals surface area contributed by atoms with Crippen molar-refractivity contribution < 1.29 is 13.2 Å². The number of nitrogens with zero attached hydrogens (tertiary/aromatic N) is 1. The minimum Gasteiger partial charge on any atom is -0.339 e. The summed E-state index contributed by atoms with van der Waals surface area (Å²) in [7, 11) is -1.71. The van der Waals surface area contributed by atoms with Crippen molar-refractivity contribution >= 4 is 33.2 Å². The second-order valence-electron chi connectivity index (χ2n) is 5.12. The number of nitrogens with one attached hydrogen (secondary N) is 1. The van der Waals surface area contributed by atoms with Gasteiger partial charge >= 0.3 is 0 Å². The van der Waals surface area contributed by atoms with Crippen molar-refractivity contribution in [3.05, 3.63) is 28.8 Å². The number of benzene rings is 1. The van der Waals surface area contributed by atoms with Gasteiger partial charge in [-0.25, -0.2) is 8.42 Å². The zero-order valence-electron chi connectivity index (χ0n) is 12.7. The molecule has 118 valence electrons. The van der Waals surface area contributed by atoms with Crippen molar-refractivity contribution in [3.63, 3.8) is 0 Å². The van der Waals surface area contributed by atoms with Crippen LogP contribution in [0.15, 0.2) is 18.2 Å². The van der Waals surface area contributed by atoms with E-state index in [0.29, 0.717) is 5.56 Å². The molecule has 0 saturated heterocycles. The highest BCUT2D eigenvalue weighted by Gasteiger charge is 2.18. The average Bonchev–Trinajstić information content (AvgIpc) is 2.38. The number of rotatable bonds is 6. The summed E-state index contributed by atoms with van der Waals surface area (Å²) in [6.45, 7) is 4.04. The van der Waals surface area contributed by atoms with E-state index in [1.165, 1.54) is 12.1 Å². The Kier molecular flexibility index (Phi) is 6.04. The molecule has 1 aromatic carbocycles. The van der Waals surface area contributed by atoms with Gasteiger partial charge in [0.25, 0.3) is 5.91 Å². The second-order valence-corrected chi connectivity index (χ2v) is 7.28. The first-order valence-corrected chi connectivity index (χ1v) is 8.97. The van der Waals surface area contributed by atoms with E-state index in [2.05, 4.69) is 11.6 Å². The molecule has 0 bridgehead atoms. The minimum atomic E-state index is -3.45. The van der Waals surface area contributed by atoms with E-state index in [0.717, 1.165) is 19.1 Å². The molecule has 0 aliphatic carbocycles. The number of anilines is 1. The smallest absolute Gasteiger partial charge is 0.253 e. The lowest BCUT2D eigenvalue weighted by molar-refractivity contribution is 0.0737. The van der Waals surface area contributed by atoms with Gasteiger partial charge in [0.2, 0.25) is 10.0 Å². The molecule has 7 heteroatoms. The molecule has 1 amide bonds. The summed E-state index contributed by atoms with van der Waals surface area (Å²) in [5, 5.41) is 0.251. The van der Waals surface area contributed by atoms with Crippen LogP contribution in [0.1, 0.15) is 37.0 Å². The summed E-state index contributed by atoms with van der Waals surface area (Å²) in [6.07, 6.45) is 2.93. The Morgan fingerprint density at radius 3 is 2.57 bits per heavy atom. The SMILES string of the molecule is CCC[C@@H](C)N(C)C(=O)c1ccc(Cl)c(NS(C)(=O)=O)c1. The van der Waals surface area contributed by atoms with Crippen molar-refractivity contribution in [2.45, 2.75) is 32.7 Å². The molecule has 1 atom stereocenters. The number of hydrogen-bond acceptors (Lipinski definition) is 3. The quantitative estimate of drug-likeness (QED) is 0.870. The first-order chi connectivity index (χ1) is 9.65. The third-order valence-corrected chi connectivity index (χ3v) is 4.12. The largest absolute Gasteiger partial charge is 0.339 e. The van der Waals surface area contributed by atoms with Crippen molar-refractivity contribution in [1.82, 2.24) is 4.90 Å². The van der Waals surface area contributed by atoms with Gasteiger partial charge in [0.05, 0.1) is 17.0 Å². The van der Waals surface area contributed by atoms with Gasteiger partial charge < -0.3 is 4.90 Å². The lowest BCUT2D eigenvalue weighted by Crippen LogP contribution is -2.35. The van der Waals surface area contributed by atoms with E-state index in [9.17, 15) is 13.2 Å². The van der Waals surface area contributed by atoms with Gasteiger partial charge in [-0.1, -0.05) is 24.9 Å². The van der Waals surface area contributed by atoms with Crippen LogP contribution < -0.4 is 4.72 Å². The Balaban J connectivity index is 3.03. The third-order valence-electron chi connectivity index (χ3n) is 3.20. The van der Waals surface area contributed by atoms with Crippen LogP contribution in [0.3, 0.4) is 0 Å². The Morgan fingerprint density at radius 1 is 1.43 bits per heavy atom. The predicted molar refractivity (Wildman–Crippen MR) is 86.4 cm³/mol. The molecule has 1 aromatic rings. The molecule has 0 heterocycles. The standard InChI is InChI=1S/C14H21ClN2O3S/c1-5-6-10(2)17(3)14(18)11-7-8-12(15)13(9-11)16-21(4,19)20/h7-10,16H,5-6H2,1-4H3/t10-/m1/s1. The van der Waals surface area contributed by atoms with Crippen molar-refractivity contribution in [3.8, 4) is 0 Å².